The summed E-state index contributed by atoms with van der Waals surface area (Å²) in [6.45, 7) is 4.29. The summed E-state index contributed by atoms with van der Waals surface area (Å²) in [5.74, 6) is -7.76. The number of esters is 5. The summed E-state index contributed by atoms with van der Waals surface area (Å²) in [6.07, 6.45) is -7.42. The van der Waals surface area contributed by atoms with Crippen molar-refractivity contribution in [3.63, 3.8) is 0 Å². The average molecular weight is 653 g/mol. The minimum atomic E-state index is -5.69. The van der Waals surface area contributed by atoms with E-state index in [4.69, 9.17) is 32.9 Å². The number of hydrogen-bond acceptors (Lipinski definition) is 13. The Morgan fingerprint density at radius 2 is 1.31 bits per heavy atom. The van der Waals surface area contributed by atoms with Gasteiger partial charge in [0.1, 0.15) is 12.7 Å². The third-order valence-electron chi connectivity index (χ3n) is 6.45. The van der Waals surface area contributed by atoms with Crippen LogP contribution in [0.2, 0.25) is 0 Å². The van der Waals surface area contributed by atoms with Crippen molar-refractivity contribution in [3.8, 4) is 0 Å². The Labute approximate surface area is 257 Å². The quantitative estimate of drug-likeness (QED) is 0.203. The number of ether oxygens (including phenoxy) is 6. The van der Waals surface area contributed by atoms with E-state index in [-0.39, 0.29) is 11.1 Å². The first-order valence-electron chi connectivity index (χ1n) is 13.4. The molecule has 0 aliphatic carbocycles. The van der Waals surface area contributed by atoms with E-state index < -0.39 is 80.1 Å². The summed E-state index contributed by atoms with van der Waals surface area (Å²) in [5, 5.41) is 0. The molecule has 1 aliphatic heterocycles. The first-order chi connectivity index (χ1) is 21.0. The molecular formula is C29H33O15P. The number of carbonyl (C=O) groups excluding carboxylic acids is 5. The maximum absolute atomic E-state index is 13.0. The molecule has 45 heavy (non-hydrogen) atoms. The molecule has 15 nitrogen and oxygen atoms in total. The van der Waals surface area contributed by atoms with Gasteiger partial charge >= 0.3 is 37.7 Å². The average Bonchev–Trinajstić information content (AvgIpc) is 2.93. The minimum absolute atomic E-state index is 0.0802. The molecule has 2 aromatic carbocycles. The van der Waals surface area contributed by atoms with Crippen LogP contribution >= 0.6 is 7.82 Å². The van der Waals surface area contributed by atoms with Crippen molar-refractivity contribution in [3.05, 3.63) is 71.8 Å². The Morgan fingerprint density at radius 3 is 1.76 bits per heavy atom. The molecule has 3 rings (SSSR count). The number of benzene rings is 2. The van der Waals surface area contributed by atoms with Crippen molar-refractivity contribution < 1.29 is 71.3 Å². The topological polar surface area (TPSA) is 207 Å². The second-order valence-corrected chi connectivity index (χ2v) is 11.1. The molecular weight excluding hydrogens is 619 g/mol. The second kappa shape index (κ2) is 14.3. The fraction of sp³-hybridized carbons (Fsp3) is 0.414. The third kappa shape index (κ3) is 8.12. The largest absolute Gasteiger partial charge is 0.472 e. The lowest BCUT2D eigenvalue weighted by Gasteiger charge is -2.58. The van der Waals surface area contributed by atoms with E-state index in [1.165, 1.54) is 48.5 Å². The van der Waals surface area contributed by atoms with E-state index >= 15 is 0 Å². The van der Waals surface area contributed by atoms with Gasteiger partial charge in [-0.25, -0.2) is 9.09 Å². The fourth-order valence-electron chi connectivity index (χ4n) is 5.18. The molecule has 0 radical (unpaired) electrons. The summed E-state index contributed by atoms with van der Waals surface area (Å²) in [6, 6.07) is 14.4. The summed E-state index contributed by atoms with van der Waals surface area (Å²) in [7, 11) is -5.69. The van der Waals surface area contributed by atoms with Gasteiger partial charge in [0, 0.05) is 45.7 Å². The van der Waals surface area contributed by atoms with Gasteiger partial charge in [-0.2, -0.15) is 0 Å². The number of hydrogen-bond donors (Lipinski definition) is 2. The predicted octanol–water partition coefficient (Wildman–Crippen LogP) is 2.16. The zero-order chi connectivity index (χ0) is 33.6. The standard InChI is InChI=1S/C29H33O15P/c1-17(30)38-16-24(39-18(2)31)25-26(40-19(3)32)27(41-20(4)33)28(42-21(5)34,22-12-8-6-9-13-22)29(43-25,44-45(35,36)37)23-14-10-7-11-15-23/h6-15,24-27H,16H2,1-5H3,(H2,35,36,37)/t24-,25-,26-,27+,28+,29-/m1/s1. The summed E-state index contributed by atoms with van der Waals surface area (Å²) < 4.78 is 52.4. The molecule has 1 fully saturated rings. The van der Waals surface area contributed by atoms with Crippen LogP contribution in [0, 0.1) is 0 Å². The normalized spacial score (nSPS) is 25.3. The van der Waals surface area contributed by atoms with Gasteiger partial charge in [-0.3, -0.25) is 24.0 Å². The van der Waals surface area contributed by atoms with Crippen LogP contribution in [0.3, 0.4) is 0 Å². The van der Waals surface area contributed by atoms with Crippen molar-refractivity contribution in [2.45, 2.75) is 70.4 Å². The number of phosphoric acid groups is 1. The highest BCUT2D eigenvalue weighted by atomic mass is 31.2. The SMILES string of the molecule is CC(=O)OC[C@@H](OC(C)=O)[C@H]1O[C@@](OP(=O)(O)O)(c2ccccc2)[C@](OC(C)=O)(c2ccccc2)[C@@H](OC(C)=O)[C@@H]1OC(C)=O. The molecule has 2 N–H and O–H groups in total. The monoisotopic (exact) mass is 652 g/mol. The second-order valence-electron chi connectivity index (χ2n) is 9.90. The van der Waals surface area contributed by atoms with Crippen molar-refractivity contribution in [2.75, 3.05) is 6.61 Å². The lowest BCUT2D eigenvalue weighted by molar-refractivity contribution is -0.403. The van der Waals surface area contributed by atoms with Crippen molar-refractivity contribution in [1.29, 1.82) is 0 Å². The molecule has 244 valence electrons. The van der Waals surface area contributed by atoms with Gasteiger partial charge in [-0.1, -0.05) is 60.7 Å². The van der Waals surface area contributed by atoms with Crippen LogP contribution in [0.1, 0.15) is 45.7 Å². The number of rotatable bonds is 11. The number of phosphoric ester groups is 1. The van der Waals surface area contributed by atoms with E-state index in [9.17, 15) is 38.3 Å². The third-order valence-corrected chi connectivity index (χ3v) is 6.95. The van der Waals surface area contributed by atoms with Crippen LogP contribution < -0.4 is 0 Å². The molecule has 0 amide bonds. The Balaban J connectivity index is 2.60. The predicted molar refractivity (Wildman–Crippen MR) is 149 cm³/mol. The first kappa shape index (κ1) is 35.3. The molecule has 0 saturated carbocycles. The van der Waals surface area contributed by atoms with E-state index in [0.29, 0.717) is 0 Å². The number of carbonyl (C=O) groups is 5. The van der Waals surface area contributed by atoms with Crippen LogP contribution in [-0.4, -0.2) is 70.7 Å². The maximum atomic E-state index is 13.0. The van der Waals surface area contributed by atoms with E-state index in [0.717, 1.165) is 34.6 Å². The van der Waals surface area contributed by atoms with Gasteiger partial charge in [0.15, 0.2) is 18.3 Å². The molecule has 1 saturated heterocycles. The lowest BCUT2D eigenvalue weighted by atomic mass is 9.71. The molecule has 1 heterocycles. The molecule has 16 heteroatoms. The zero-order valence-electron chi connectivity index (χ0n) is 24.9. The molecule has 0 spiro atoms. The Morgan fingerprint density at radius 1 is 0.778 bits per heavy atom. The van der Waals surface area contributed by atoms with Gasteiger partial charge in [-0.05, 0) is 0 Å². The van der Waals surface area contributed by atoms with Gasteiger partial charge < -0.3 is 38.2 Å². The molecule has 2 aromatic rings. The van der Waals surface area contributed by atoms with Crippen molar-refractivity contribution in [2.24, 2.45) is 0 Å². The molecule has 0 aromatic heterocycles. The van der Waals surface area contributed by atoms with E-state index in [1.807, 2.05) is 0 Å². The molecule has 0 unspecified atom stereocenters. The minimum Gasteiger partial charge on any atom is -0.462 e. The Hall–Kier alpha value is -4.14. The van der Waals surface area contributed by atoms with Crippen LogP contribution in [0.15, 0.2) is 60.7 Å². The van der Waals surface area contributed by atoms with Crippen LogP contribution in [-0.2, 0) is 72.9 Å². The van der Waals surface area contributed by atoms with Gasteiger partial charge in [0.25, 0.3) is 5.79 Å². The summed E-state index contributed by atoms with van der Waals surface area (Å²) >= 11 is 0. The highest BCUT2D eigenvalue weighted by Crippen LogP contribution is 2.61. The molecule has 1 aliphatic rings. The highest BCUT2D eigenvalue weighted by molar-refractivity contribution is 7.46. The zero-order valence-corrected chi connectivity index (χ0v) is 25.8. The maximum Gasteiger partial charge on any atom is 0.472 e. The van der Waals surface area contributed by atoms with Crippen molar-refractivity contribution in [1.82, 2.24) is 0 Å². The van der Waals surface area contributed by atoms with Crippen molar-refractivity contribution >= 4 is 37.7 Å². The van der Waals surface area contributed by atoms with E-state index in [1.54, 1.807) is 12.1 Å². The fourth-order valence-corrected chi connectivity index (χ4v) is 5.80. The summed E-state index contributed by atoms with van der Waals surface area (Å²) in [4.78, 5) is 83.0. The van der Waals surface area contributed by atoms with Gasteiger partial charge in [0.05, 0.1) is 0 Å². The highest BCUT2D eigenvalue weighted by Gasteiger charge is 2.75. The van der Waals surface area contributed by atoms with Gasteiger partial charge in [-0.15, -0.1) is 0 Å². The Bertz CT molecular complexity index is 1440. The van der Waals surface area contributed by atoms with Crippen LogP contribution in [0.25, 0.3) is 0 Å². The Kier molecular flexibility index (Phi) is 11.2. The lowest BCUT2D eigenvalue weighted by Crippen LogP contribution is -2.74. The van der Waals surface area contributed by atoms with Gasteiger partial charge in [0.2, 0.25) is 5.60 Å². The van der Waals surface area contributed by atoms with Crippen LogP contribution in [0.4, 0.5) is 0 Å². The first-order valence-corrected chi connectivity index (χ1v) is 14.9. The van der Waals surface area contributed by atoms with E-state index in [2.05, 4.69) is 0 Å². The molecule has 0 bridgehead atoms. The van der Waals surface area contributed by atoms with Crippen LogP contribution in [0.5, 0.6) is 0 Å². The smallest absolute Gasteiger partial charge is 0.462 e. The molecule has 6 atom stereocenters. The summed E-state index contributed by atoms with van der Waals surface area (Å²) in [5.41, 5.74) is -2.95.